The van der Waals surface area contributed by atoms with Crippen molar-refractivity contribution < 1.29 is 10.2 Å². The fourth-order valence-corrected chi connectivity index (χ4v) is 0.381. The standard InChI is InChI=1S/C3H6N2O2/c6-2-1-4-3(7)5-2/h1,3-7H. The fraction of sp³-hybridized carbons (Fsp3) is 0.333. The molecule has 1 atom stereocenters. The predicted molar refractivity (Wildman–Crippen MR) is 23.0 cm³/mol. The summed E-state index contributed by atoms with van der Waals surface area (Å²) in [4.78, 5) is 0. The maximum Gasteiger partial charge on any atom is 0.204 e. The summed E-state index contributed by atoms with van der Waals surface area (Å²) in [7, 11) is 0. The second-order valence-corrected chi connectivity index (χ2v) is 1.24. The summed E-state index contributed by atoms with van der Waals surface area (Å²) < 4.78 is 0. The number of hydrogen-bond acceptors (Lipinski definition) is 4. The van der Waals surface area contributed by atoms with Crippen LogP contribution in [0.25, 0.3) is 0 Å². The predicted octanol–water partition coefficient (Wildman–Crippen LogP) is -1.19. The molecule has 40 valence electrons. The van der Waals surface area contributed by atoms with Crippen LogP contribution in [-0.4, -0.2) is 16.6 Å². The highest BCUT2D eigenvalue weighted by molar-refractivity contribution is 4.93. The normalized spacial score (nSPS) is 28.1. The van der Waals surface area contributed by atoms with E-state index in [0.29, 0.717) is 0 Å². The van der Waals surface area contributed by atoms with E-state index in [4.69, 9.17) is 10.2 Å². The molecule has 0 aromatic carbocycles. The van der Waals surface area contributed by atoms with Gasteiger partial charge in [-0.3, -0.25) is 0 Å². The molecule has 0 bridgehead atoms. The maximum absolute atomic E-state index is 8.47. The zero-order valence-electron chi connectivity index (χ0n) is 3.55. The van der Waals surface area contributed by atoms with Crippen LogP contribution in [0.15, 0.2) is 12.1 Å². The molecule has 1 unspecified atom stereocenters. The Morgan fingerprint density at radius 1 is 1.71 bits per heavy atom. The monoisotopic (exact) mass is 102 g/mol. The third-order valence-electron chi connectivity index (χ3n) is 0.663. The van der Waals surface area contributed by atoms with Crippen molar-refractivity contribution in [3.63, 3.8) is 0 Å². The number of aliphatic hydroxyl groups is 2. The van der Waals surface area contributed by atoms with Gasteiger partial charge in [0.1, 0.15) is 0 Å². The molecule has 4 nitrogen and oxygen atoms in total. The molecule has 1 aliphatic rings. The quantitative estimate of drug-likeness (QED) is 0.310. The first-order valence-corrected chi connectivity index (χ1v) is 1.89. The Morgan fingerprint density at radius 3 is 2.57 bits per heavy atom. The zero-order valence-corrected chi connectivity index (χ0v) is 3.55. The lowest BCUT2D eigenvalue weighted by atomic mass is 10.9. The third kappa shape index (κ3) is 0.747. The van der Waals surface area contributed by atoms with E-state index >= 15 is 0 Å². The highest BCUT2D eigenvalue weighted by Crippen LogP contribution is 1.87. The number of aliphatic hydroxyl groups excluding tert-OH is 2. The number of nitrogens with one attached hydrogen (secondary N) is 2. The molecule has 0 aromatic rings. The molecule has 0 radical (unpaired) electrons. The summed E-state index contributed by atoms with van der Waals surface area (Å²) in [6.45, 7) is 0. The molecule has 1 heterocycles. The van der Waals surface area contributed by atoms with Gasteiger partial charge < -0.3 is 20.8 Å². The van der Waals surface area contributed by atoms with Crippen molar-refractivity contribution in [2.75, 3.05) is 0 Å². The topological polar surface area (TPSA) is 64.5 Å². The first-order chi connectivity index (χ1) is 3.29. The Morgan fingerprint density at radius 2 is 2.43 bits per heavy atom. The van der Waals surface area contributed by atoms with Gasteiger partial charge in [0.15, 0.2) is 0 Å². The van der Waals surface area contributed by atoms with Crippen molar-refractivity contribution in [3.8, 4) is 0 Å². The van der Waals surface area contributed by atoms with E-state index < -0.39 is 6.35 Å². The second kappa shape index (κ2) is 1.31. The first-order valence-electron chi connectivity index (χ1n) is 1.89. The average Bonchev–Trinajstić information content (AvgIpc) is 1.87. The molecular weight excluding hydrogens is 96.0 g/mol. The van der Waals surface area contributed by atoms with E-state index in [1.807, 2.05) is 0 Å². The van der Waals surface area contributed by atoms with Gasteiger partial charge in [0.2, 0.25) is 12.2 Å². The van der Waals surface area contributed by atoms with Gasteiger partial charge in [0.05, 0.1) is 6.20 Å². The summed E-state index contributed by atoms with van der Waals surface area (Å²) >= 11 is 0. The van der Waals surface area contributed by atoms with E-state index in [1.54, 1.807) is 0 Å². The van der Waals surface area contributed by atoms with Gasteiger partial charge in [0, 0.05) is 0 Å². The van der Waals surface area contributed by atoms with E-state index in [0.717, 1.165) is 0 Å². The van der Waals surface area contributed by atoms with Crippen LogP contribution in [0.5, 0.6) is 0 Å². The average molecular weight is 102 g/mol. The van der Waals surface area contributed by atoms with Crippen LogP contribution in [0.2, 0.25) is 0 Å². The highest BCUT2D eigenvalue weighted by atomic mass is 16.3. The largest absolute Gasteiger partial charge is 0.494 e. The van der Waals surface area contributed by atoms with E-state index in [9.17, 15) is 0 Å². The van der Waals surface area contributed by atoms with Crippen molar-refractivity contribution in [3.05, 3.63) is 12.1 Å². The molecule has 4 N–H and O–H groups in total. The second-order valence-electron chi connectivity index (χ2n) is 1.24. The van der Waals surface area contributed by atoms with Crippen molar-refractivity contribution in [1.82, 2.24) is 10.6 Å². The minimum atomic E-state index is -0.819. The van der Waals surface area contributed by atoms with Gasteiger partial charge in [-0.25, -0.2) is 0 Å². The minimum Gasteiger partial charge on any atom is -0.494 e. The van der Waals surface area contributed by atoms with Crippen molar-refractivity contribution >= 4 is 0 Å². The Kier molecular flexibility index (Phi) is 0.796. The molecule has 0 saturated heterocycles. The summed E-state index contributed by atoms with van der Waals surface area (Å²) in [5, 5.41) is 21.6. The molecule has 1 aliphatic heterocycles. The van der Waals surface area contributed by atoms with Crippen LogP contribution in [0.1, 0.15) is 0 Å². The summed E-state index contributed by atoms with van der Waals surface area (Å²) in [6, 6.07) is 0. The molecule has 4 heteroatoms. The molecule has 0 spiro atoms. The van der Waals surface area contributed by atoms with Crippen LogP contribution in [-0.2, 0) is 0 Å². The minimum absolute atomic E-state index is 0.0347. The van der Waals surface area contributed by atoms with Crippen molar-refractivity contribution in [2.24, 2.45) is 0 Å². The van der Waals surface area contributed by atoms with E-state index in [1.165, 1.54) is 6.20 Å². The summed E-state index contributed by atoms with van der Waals surface area (Å²) in [5.74, 6) is -0.0347. The van der Waals surface area contributed by atoms with Crippen LogP contribution >= 0.6 is 0 Å². The van der Waals surface area contributed by atoms with Gasteiger partial charge in [-0.05, 0) is 0 Å². The van der Waals surface area contributed by atoms with Gasteiger partial charge in [-0.15, -0.1) is 0 Å². The third-order valence-corrected chi connectivity index (χ3v) is 0.663. The Hall–Kier alpha value is -0.900. The summed E-state index contributed by atoms with van der Waals surface area (Å²) in [6.07, 6.45) is 0.463. The number of hydrogen-bond donors (Lipinski definition) is 4. The lowest BCUT2D eigenvalue weighted by Gasteiger charge is -2.00. The Labute approximate surface area is 40.5 Å². The molecule has 0 amide bonds. The van der Waals surface area contributed by atoms with Crippen molar-refractivity contribution in [2.45, 2.75) is 6.35 Å². The molecule has 7 heavy (non-hydrogen) atoms. The molecule has 0 aromatic heterocycles. The zero-order chi connectivity index (χ0) is 5.28. The number of rotatable bonds is 0. The van der Waals surface area contributed by atoms with Crippen LogP contribution < -0.4 is 10.6 Å². The van der Waals surface area contributed by atoms with E-state index in [2.05, 4.69) is 10.6 Å². The maximum atomic E-state index is 8.47. The molecular formula is C3H6N2O2. The van der Waals surface area contributed by atoms with Gasteiger partial charge >= 0.3 is 0 Å². The first kappa shape index (κ1) is 4.26. The lowest BCUT2D eigenvalue weighted by Crippen LogP contribution is -2.31. The molecule has 0 fully saturated rings. The van der Waals surface area contributed by atoms with Gasteiger partial charge in [0.25, 0.3) is 0 Å². The van der Waals surface area contributed by atoms with E-state index in [-0.39, 0.29) is 5.88 Å². The molecule has 0 saturated carbocycles. The Balaban J connectivity index is 2.42. The SMILES string of the molecule is OC1=CNC(O)N1. The van der Waals surface area contributed by atoms with Gasteiger partial charge in [-0.2, -0.15) is 0 Å². The molecule has 0 aliphatic carbocycles. The smallest absolute Gasteiger partial charge is 0.204 e. The van der Waals surface area contributed by atoms with Crippen molar-refractivity contribution in [1.29, 1.82) is 0 Å². The summed E-state index contributed by atoms with van der Waals surface area (Å²) in [5.41, 5.74) is 0. The Bertz CT molecular complexity index is 101. The lowest BCUT2D eigenvalue weighted by molar-refractivity contribution is 0.129. The highest BCUT2D eigenvalue weighted by Gasteiger charge is 2.07. The fourth-order valence-electron chi connectivity index (χ4n) is 0.381. The van der Waals surface area contributed by atoms with Crippen LogP contribution in [0.4, 0.5) is 0 Å². The van der Waals surface area contributed by atoms with Gasteiger partial charge in [-0.1, -0.05) is 0 Å². The van der Waals surface area contributed by atoms with Crippen LogP contribution in [0.3, 0.4) is 0 Å². The van der Waals surface area contributed by atoms with Crippen LogP contribution in [0, 0.1) is 0 Å². The molecule has 1 rings (SSSR count).